The molecule has 1 saturated carbocycles. The van der Waals surface area contributed by atoms with Crippen molar-refractivity contribution in [2.24, 2.45) is 5.92 Å². The molecule has 1 fully saturated rings. The van der Waals surface area contributed by atoms with Crippen LogP contribution in [0.5, 0.6) is 5.75 Å². The lowest BCUT2D eigenvalue weighted by molar-refractivity contribution is -0.122. The van der Waals surface area contributed by atoms with E-state index in [-0.39, 0.29) is 12.0 Å². The Bertz CT molecular complexity index is 527. The van der Waals surface area contributed by atoms with Crippen LogP contribution in [0.3, 0.4) is 0 Å². The van der Waals surface area contributed by atoms with E-state index in [9.17, 15) is 9.90 Å². The van der Waals surface area contributed by atoms with Crippen LogP contribution in [0.2, 0.25) is 0 Å². The number of hydrogen-bond donors (Lipinski definition) is 2. The fourth-order valence-electron chi connectivity index (χ4n) is 3.37. The smallest absolute Gasteiger partial charge is 0.234 e. The minimum absolute atomic E-state index is 0.00454. The van der Waals surface area contributed by atoms with E-state index >= 15 is 0 Å². The Morgan fingerprint density at radius 3 is 2.67 bits per heavy atom. The summed E-state index contributed by atoms with van der Waals surface area (Å²) in [6, 6.07) is 6.05. The molecule has 1 aliphatic carbocycles. The Labute approximate surface area is 145 Å². The van der Waals surface area contributed by atoms with E-state index in [2.05, 4.69) is 5.32 Å². The van der Waals surface area contributed by atoms with Crippen LogP contribution in [0.25, 0.3) is 0 Å². The summed E-state index contributed by atoms with van der Waals surface area (Å²) in [5.41, 5.74) is 2.22. The number of carbonyl (C=O) groups is 1. The van der Waals surface area contributed by atoms with Gasteiger partial charge < -0.3 is 15.2 Å². The van der Waals surface area contributed by atoms with E-state index in [1.165, 1.54) is 0 Å². The standard InChI is InChI=1S/C19H30N2O3/c1-14-6-4-7-15(2)19(14)24-11-10-20-18(23)13-21(3)12-16-8-5-9-17(16)22/h4,6-7,16-17,22H,5,8-13H2,1-3H3,(H,20,23). The highest BCUT2D eigenvalue weighted by Crippen LogP contribution is 2.25. The molecule has 0 aromatic heterocycles. The van der Waals surface area contributed by atoms with Gasteiger partial charge in [-0.3, -0.25) is 9.69 Å². The van der Waals surface area contributed by atoms with Crippen LogP contribution in [0, 0.1) is 19.8 Å². The first-order valence-corrected chi connectivity index (χ1v) is 8.79. The topological polar surface area (TPSA) is 61.8 Å². The second-order valence-electron chi connectivity index (χ2n) is 6.87. The zero-order chi connectivity index (χ0) is 17.5. The molecule has 1 aromatic rings. The molecule has 2 atom stereocenters. The number of para-hydroxylation sites is 1. The third kappa shape index (κ3) is 5.49. The SMILES string of the molecule is Cc1cccc(C)c1OCCNC(=O)CN(C)CC1CCCC1O. The van der Waals surface area contributed by atoms with Crippen LogP contribution >= 0.6 is 0 Å². The van der Waals surface area contributed by atoms with E-state index in [1.807, 2.05) is 44.0 Å². The van der Waals surface area contributed by atoms with Crippen LogP contribution < -0.4 is 10.1 Å². The average molecular weight is 334 g/mol. The highest BCUT2D eigenvalue weighted by Gasteiger charge is 2.26. The summed E-state index contributed by atoms with van der Waals surface area (Å²) in [6.45, 7) is 6.12. The van der Waals surface area contributed by atoms with E-state index in [0.717, 1.165) is 42.7 Å². The Balaban J connectivity index is 1.64. The molecule has 24 heavy (non-hydrogen) atoms. The number of hydrogen-bond acceptors (Lipinski definition) is 4. The van der Waals surface area contributed by atoms with Crippen LogP contribution in [-0.4, -0.2) is 55.3 Å². The first-order valence-electron chi connectivity index (χ1n) is 8.79. The Kier molecular flexibility index (Phi) is 7.06. The molecule has 2 N–H and O–H groups in total. The maximum atomic E-state index is 12.0. The summed E-state index contributed by atoms with van der Waals surface area (Å²) < 4.78 is 5.78. The molecule has 5 heteroatoms. The lowest BCUT2D eigenvalue weighted by Gasteiger charge is -2.22. The van der Waals surface area contributed by atoms with Gasteiger partial charge >= 0.3 is 0 Å². The van der Waals surface area contributed by atoms with Crippen molar-refractivity contribution >= 4 is 5.91 Å². The maximum Gasteiger partial charge on any atom is 0.234 e. The third-order valence-electron chi connectivity index (χ3n) is 4.66. The largest absolute Gasteiger partial charge is 0.491 e. The van der Waals surface area contributed by atoms with Crippen molar-refractivity contribution in [3.8, 4) is 5.75 Å². The zero-order valence-electron chi connectivity index (χ0n) is 15.0. The van der Waals surface area contributed by atoms with Crippen molar-refractivity contribution in [2.75, 3.05) is 33.3 Å². The maximum absolute atomic E-state index is 12.0. The molecule has 0 heterocycles. The number of aliphatic hydroxyl groups excluding tert-OH is 1. The summed E-state index contributed by atoms with van der Waals surface area (Å²) in [7, 11) is 1.93. The molecule has 0 saturated heterocycles. The van der Waals surface area contributed by atoms with Gasteiger partial charge in [0.05, 0.1) is 19.2 Å². The Morgan fingerprint density at radius 2 is 2.04 bits per heavy atom. The second-order valence-corrected chi connectivity index (χ2v) is 6.87. The number of rotatable bonds is 8. The highest BCUT2D eigenvalue weighted by atomic mass is 16.5. The summed E-state index contributed by atoms with van der Waals surface area (Å²) in [5.74, 6) is 1.20. The molecular formula is C19H30N2O3. The molecule has 5 nitrogen and oxygen atoms in total. The minimum Gasteiger partial charge on any atom is -0.491 e. The van der Waals surface area contributed by atoms with Crippen LogP contribution in [0.15, 0.2) is 18.2 Å². The van der Waals surface area contributed by atoms with Gasteiger partial charge in [0, 0.05) is 6.54 Å². The number of aliphatic hydroxyl groups is 1. The lowest BCUT2D eigenvalue weighted by atomic mass is 10.1. The summed E-state index contributed by atoms with van der Waals surface area (Å²) in [5, 5.41) is 12.7. The number of amides is 1. The van der Waals surface area contributed by atoms with Crippen LogP contribution in [-0.2, 0) is 4.79 Å². The van der Waals surface area contributed by atoms with Gasteiger partial charge in [-0.1, -0.05) is 24.6 Å². The van der Waals surface area contributed by atoms with E-state index < -0.39 is 0 Å². The van der Waals surface area contributed by atoms with E-state index in [1.54, 1.807) is 0 Å². The summed E-state index contributed by atoms with van der Waals surface area (Å²) >= 11 is 0. The van der Waals surface area contributed by atoms with E-state index in [0.29, 0.717) is 25.6 Å². The second kappa shape index (κ2) is 9.04. The fraction of sp³-hybridized carbons (Fsp3) is 0.632. The first kappa shape index (κ1) is 18.7. The predicted octanol–water partition coefficient (Wildman–Crippen LogP) is 1.89. The third-order valence-corrected chi connectivity index (χ3v) is 4.66. The van der Waals surface area contributed by atoms with Gasteiger partial charge in [0.25, 0.3) is 0 Å². The monoisotopic (exact) mass is 334 g/mol. The quantitative estimate of drug-likeness (QED) is 0.713. The zero-order valence-corrected chi connectivity index (χ0v) is 15.0. The van der Waals surface area contributed by atoms with Gasteiger partial charge in [0.2, 0.25) is 5.91 Å². The van der Waals surface area contributed by atoms with Gasteiger partial charge in [-0.05, 0) is 50.8 Å². The molecule has 1 amide bonds. The van der Waals surface area contributed by atoms with E-state index in [4.69, 9.17) is 4.74 Å². The normalized spacial score (nSPS) is 20.4. The molecule has 1 aliphatic rings. The van der Waals surface area contributed by atoms with Crippen molar-refractivity contribution in [1.29, 1.82) is 0 Å². The Morgan fingerprint density at radius 1 is 1.33 bits per heavy atom. The van der Waals surface area contributed by atoms with Gasteiger partial charge in [-0.25, -0.2) is 0 Å². The fourth-order valence-corrected chi connectivity index (χ4v) is 3.37. The number of nitrogens with zero attached hydrogens (tertiary/aromatic N) is 1. The number of ether oxygens (including phenoxy) is 1. The van der Waals surface area contributed by atoms with Gasteiger partial charge in [-0.2, -0.15) is 0 Å². The molecule has 0 aliphatic heterocycles. The number of likely N-dealkylation sites (N-methyl/N-ethyl adjacent to an activating group) is 1. The first-order chi connectivity index (χ1) is 11.5. The molecule has 0 bridgehead atoms. The number of benzene rings is 1. The summed E-state index contributed by atoms with van der Waals surface area (Å²) in [4.78, 5) is 14.0. The number of aryl methyl sites for hydroxylation is 2. The molecule has 2 rings (SSSR count). The van der Waals surface area contributed by atoms with Gasteiger partial charge in [-0.15, -0.1) is 0 Å². The van der Waals surface area contributed by atoms with Crippen LogP contribution in [0.4, 0.5) is 0 Å². The molecule has 0 spiro atoms. The molecule has 0 radical (unpaired) electrons. The molecule has 1 aromatic carbocycles. The molecule has 134 valence electrons. The summed E-state index contributed by atoms with van der Waals surface area (Å²) in [6.07, 6.45) is 2.82. The van der Waals surface area contributed by atoms with Crippen molar-refractivity contribution in [3.05, 3.63) is 29.3 Å². The van der Waals surface area contributed by atoms with Gasteiger partial charge in [0.1, 0.15) is 12.4 Å². The van der Waals surface area contributed by atoms with Crippen molar-refractivity contribution in [1.82, 2.24) is 10.2 Å². The molecule has 2 unspecified atom stereocenters. The average Bonchev–Trinajstić information content (AvgIpc) is 2.91. The highest BCUT2D eigenvalue weighted by molar-refractivity contribution is 5.77. The van der Waals surface area contributed by atoms with Crippen molar-refractivity contribution in [2.45, 2.75) is 39.2 Å². The minimum atomic E-state index is -0.207. The van der Waals surface area contributed by atoms with Crippen LogP contribution in [0.1, 0.15) is 30.4 Å². The lowest BCUT2D eigenvalue weighted by Crippen LogP contribution is -2.39. The van der Waals surface area contributed by atoms with Gasteiger partial charge in [0.15, 0.2) is 0 Å². The van der Waals surface area contributed by atoms with Crippen molar-refractivity contribution < 1.29 is 14.6 Å². The predicted molar refractivity (Wildman–Crippen MR) is 95.3 cm³/mol. The number of nitrogens with one attached hydrogen (secondary N) is 1. The molecular weight excluding hydrogens is 304 g/mol. The van der Waals surface area contributed by atoms with Crippen molar-refractivity contribution in [3.63, 3.8) is 0 Å². The number of carbonyl (C=O) groups excluding carboxylic acids is 1. The Hall–Kier alpha value is -1.59.